The molecule has 0 amide bonds. The maximum atomic E-state index is 10.1. The van der Waals surface area contributed by atoms with Crippen LogP contribution in [0.3, 0.4) is 0 Å². The number of nitrogens with one attached hydrogen (secondary N) is 1. The van der Waals surface area contributed by atoms with E-state index in [2.05, 4.69) is 17.1 Å². The van der Waals surface area contributed by atoms with Gasteiger partial charge in [0, 0.05) is 24.7 Å². The maximum absolute atomic E-state index is 10.1. The fourth-order valence-corrected chi connectivity index (χ4v) is 2.80. The average Bonchev–Trinajstić information content (AvgIpc) is 2.49. The zero-order valence-corrected chi connectivity index (χ0v) is 12.6. The van der Waals surface area contributed by atoms with E-state index >= 15 is 0 Å². The Morgan fingerprint density at radius 3 is 2.90 bits per heavy atom. The standard InChI is InChI=1S/C16H26N2O2/c1-3-18(11-13-5-4-8-17-10-13)12-14-6-7-15(20-2)9-16(14)19/h6-7,9,13,17,19H,3-5,8,10-12H2,1-2H3. The molecule has 4 nitrogen and oxygen atoms in total. The van der Waals surface area contributed by atoms with Gasteiger partial charge in [0.2, 0.25) is 0 Å². The van der Waals surface area contributed by atoms with Crippen molar-refractivity contribution in [3.05, 3.63) is 23.8 Å². The minimum atomic E-state index is 0.324. The van der Waals surface area contributed by atoms with Crippen LogP contribution in [-0.2, 0) is 6.54 Å². The van der Waals surface area contributed by atoms with Crippen LogP contribution in [-0.4, -0.2) is 43.3 Å². The molecule has 0 radical (unpaired) electrons. The third-order valence-electron chi connectivity index (χ3n) is 4.05. The number of hydrogen-bond donors (Lipinski definition) is 2. The van der Waals surface area contributed by atoms with Gasteiger partial charge in [-0.25, -0.2) is 0 Å². The number of methoxy groups -OCH3 is 1. The van der Waals surface area contributed by atoms with Crippen molar-refractivity contribution in [3.63, 3.8) is 0 Å². The molecule has 2 N–H and O–H groups in total. The number of piperidine rings is 1. The van der Waals surface area contributed by atoms with Crippen LogP contribution in [0, 0.1) is 5.92 Å². The van der Waals surface area contributed by atoms with Gasteiger partial charge >= 0.3 is 0 Å². The molecule has 1 fully saturated rings. The van der Waals surface area contributed by atoms with E-state index in [9.17, 15) is 5.11 Å². The van der Waals surface area contributed by atoms with Crippen molar-refractivity contribution in [2.24, 2.45) is 5.92 Å². The van der Waals surface area contributed by atoms with E-state index in [1.807, 2.05) is 12.1 Å². The number of ether oxygens (including phenoxy) is 1. The van der Waals surface area contributed by atoms with E-state index in [4.69, 9.17) is 4.74 Å². The number of benzene rings is 1. The minimum absolute atomic E-state index is 0.324. The largest absolute Gasteiger partial charge is 0.507 e. The second kappa shape index (κ2) is 7.50. The lowest BCUT2D eigenvalue weighted by molar-refractivity contribution is 0.208. The summed E-state index contributed by atoms with van der Waals surface area (Å²) in [5.41, 5.74) is 0.969. The predicted molar refractivity (Wildman–Crippen MR) is 81.2 cm³/mol. The summed E-state index contributed by atoms with van der Waals surface area (Å²) in [5.74, 6) is 1.75. The van der Waals surface area contributed by atoms with E-state index in [0.29, 0.717) is 11.5 Å². The topological polar surface area (TPSA) is 44.7 Å². The lowest BCUT2D eigenvalue weighted by Crippen LogP contribution is -2.38. The zero-order valence-electron chi connectivity index (χ0n) is 12.6. The van der Waals surface area contributed by atoms with Crippen LogP contribution in [0.5, 0.6) is 11.5 Å². The second-order valence-electron chi connectivity index (χ2n) is 5.53. The van der Waals surface area contributed by atoms with E-state index in [1.54, 1.807) is 13.2 Å². The highest BCUT2D eigenvalue weighted by atomic mass is 16.5. The highest BCUT2D eigenvalue weighted by molar-refractivity contribution is 5.39. The Hall–Kier alpha value is -1.26. The summed E-state index contributed by atoms with van der Waals surface area (Å²) in [6.07, 6.45) is 2.58. The van der Waals surface area contributed by atoms with Crippen molar-refractivity contribution in [2.75, 3.05) is 33.3 Å². The van der Waals surface area contributed by atoms with Crippen LogP contribution < -0.4 is 10.1 Å². The van der Waals surface area contributed by atoms with Gasteiger partial charge in [-0.2, -0.15) is 0 Å². The molecule has 0 bridgehead atoms. The Morgan fingerprint density at radius 2 is 2.30 bits per heavy atom. The van der Waals surface area contributed by atoms with Crippen molar-refractivity contribution < 1.29 is 9.84 Å². The third kappa shape index (κ3) is 4.12. The molecule has 20 heavy (non-hydrogen) atoms. The number of nitrogens with zero attached hydrogens (tertiary/aromatic N) is 1. The van der Waals surface area contributed by atoms with E-state index < -0.39 is 0 Å². The number of phenols is 1. The van der Waals surface area contributed by atoms with Crippen LogP contribution in [0.1, 0.15) is 25.3 Å². The molecule has 1 saturated heterocycles. The first kappa shape index (κ1) is 15.1. The fourth-order valence-electron chi connectivity index (χ4n) is 2.80. The lowest BCUT2D eigenvalue weighted by Gasteiger charge is -2.29. The SMILES string of the molecule is CCN(Cc1ccc(OC)cc1O)CC1CCCNC1. The molecule has 1 aromatic rings. The summed E-state index contributed by atoms with van der Waals surface area (Å²) in [7, 11) is 1.61. The molecule has 0 spiro atoms. The van der Waals surface area contributed by atoms with Gasteiger partial charge in [0.25, 0.3) is 0 Å². The lowest BCUT2D eigenvalue weighted by atomic mass is 9.99. The molecule has 0 aromatic heterocycles. The number of hydrogen-bond acceptors (Lipinski definition) is 4. The van der Waals surface area contributed by atoms with Gasteiger partial charge in [0.15, 0.2) is 0 Å². The van der Waals surface area contributed by atoms with Gasteiger partial charge in [0.05, 0.1) is 7.11 Å². The van der Waals surface area contributed by atoms with Crippen molar-refractivity contribution in [3.8, 4) is 11.5 Å². The second-order valence-corrected chi connectivity index (χ2v) is 5.53. The quantitative estimate of drug-likeness (QED) is 0.837. The minimum Gasteiger partial charge on any atom is -0.507 e. The highest BCUT2D eigenvalue weighted by Gasteiger charge is 2.17. The van der Waals surface area contributed by atoms with E-state index in [0.717, 1.165) is 44.2 Å². The van der Waals surface area contributed by atoms with Crippen LogP contribution in [0.15, 0.2) is 18.2 Å². The fraction of sp³-hybridized carbons (Fsp3) is 0.625. The molecule has 1 aliphatic rings. The Morgan fingerprint density at radius 1 is 1.45 bits per heavy atom. The number of rotatable bonds is 6. The zero-order chi connectivity index (χ0) is 14.4. The summed E-state index contributed by atoms with van der Waals surface area (Å²) in [5, 5.41) is 13.5. The smallest absolute Gasteiger partial charge is 0.123 e. The maximum Gasteiger partial charge on any atom is 0.123 e. The Bertz CT molecular complexity index is 417. The summed E-state index contributed by atoms with van der Waals surface area (Å²) < 4.78 is 5.12. The molecule has 1 aromatic carbocycles. The first-order valence-electron chi connectivity index (χ1n) is 7.52. The molecule has 0 saturated carbocycles. The summed E-state index contributed by atoms with van der Waals surface area (Å²) in [6, 6.07) is 5.55. The van der Waals surface area contributed by atoms with Crippen molar-refractivity contribution in [2.45, 2.75) is 26.3 Å². The number of aromatic hydroxyl groups is 1. The molecule has 2 rings (SSSR count). The van der Waals surface area contributed by atoms with Crippen LogP contribution >= 0.6 is 0 Å². The Balaban J connectivity index is 1.94. The third-order valence-corrected chi connectivity index (χ3v) is 4.05. The van der Waals surface area contributed by atoms with Gasteiger partial charge in [-0.05, 0) is 44.5 Å². The van der Waals surface area contributed by atoms with E-state index in [1.165, 1.54) is 12.8 Å². The Labute approximate surface area is 121 Å². The molecule has 1 unspecified atom stereocenters. The molecule has 4 heteroatoms. The molecule has 0 aliphatic carbocycles. The van der Waals surface area contributed by atoms with E-state index in [-0.39, 0.29) is 0 Å². The van der Waals surface area contributed by atoms with Gasteiger partial charge in [-0.3, -0.25) is 4.90 Å². The normalized spacial score (nSPS) is 19.2. The molecule has 112 valence electrons. The van der Waals surface area contributed by atoms with Crippen LogP contribution in [0.4, 0.5) is 0 Å². The summed E-state index contributed by atoms with van der Waals surface area (Å²) >= 11 is 0. The van der Waals surface area contributed by atoms with Gasteiger partial charge < -0.3 is 15.2 Å². The van der Waals surface area contributed by atoms with Crippen molar-refractivity contribution in [1.82, 2.24) is 10.2 Å². The summed E-state index contributed by atoms with van der Waals surface area (Å²) in [6.45, 7) is 7.34. The molecule has 1 heterocycles. The van der Waals surface area contributed by atoms with Crippen LogP contribution in [0.25, 0.3) is 0 Å². The summed E-state index contributed by atoms with van der Waals surface area (Å²) in [4.78, 5) is 2.40. The monoisotopic (exact) mass is 278 g/mol. The van der Waals surface area contributed by atoms with Gasteiger partial charge in [-0.15, -0.1) is 0 Å². The predicted octanol–water partition coefficient (Wildman–Crippen LogP) is 2.22. The highest BCUT2D eigenvalue weighted by Crippen LogP contribution is 2.25. The molecular formula is C16H26N2O2. The molecular weight excluding hydrogens is 252 g/mol. The first-order valence-corrected chi connectivity index (χ1v) is 7.52. The molecule has 1 atom stereocenters. The van der Waals surface area contributed by atoms with Crippen LogP contribution in [0.2, 0.25) is 0 Å². The van der Waals surface area contributed by atoms with Gasteiger partial charge in [-0.1, -0.05) is 13.0 Å². The first-order chi connectivity index (χ1) is 9.72. The van der Waals surface area contributed by atoms with Gasteiger partial charge in [0.1, 0.15) is 11.5 Å². The average molecular weight is 278 g/mol. The van der Waals surface area contributed by atoms with Crippen molar-refractivity contribution in [1.29, 1.82) is 0 Å². The number of phenolic OH excluding ortho intramolecular Hbond substituents is 1. The van der Waals surface area contributed by atoms with Crippen molar-refractivity contribution >= 4 is 0 Å². The Kier molecular flexibility index (Phi) is 5.68. The molecule has 1 aliphatic heterocycles.